The fraction of sp³-hybridized carbons (Fsp3) is 0.500. The van der Waals surface area contributed by atoms with Crippen LogP contribution in [0.15, 0.2) is 12.1 Å². The molecule has 2 heterocycles. The summed E-state index contributed by atoms with van der Waals surface area (Å²) in [5, 5.41) is 11.9. The molecule has 0 bridgehead atoms. The van der Waals surface area contributed by atoms with E-state index in [1.165, 1.54) is 12.1 Å². The fourth-order valence-electron chi connectivity index (χ4n) is 2.22. The number of carbonyl (C=O) groups is 2. The van der Waals surface area contributed by atoms with Gasteiger partial charge in [-0.2, -0.15) is 0 Å². The van der Waals surface area contributed by atoms with Gasteiger partial charge in [-0.3, -0.25) is 4.79 Å². The van der Waals surface area contributed by atoms with Crippen LogP contribution < -0.4 is 5.32 Å². The van der Waals surface area contributed by atoms with Gasteiger partial charge in [0.2, 0.25) is 0 Å². The maximum absolute atomic E-state index is 12.1. The van der Waals surface area contributed by atoms with Gasteiger partial charge in [-0.05, 0) is 38.3 Å². The molecule has 2 N–H and O–H groups in total. The highest BCUT2D eigenvalue weighted by atomic mass is 16.5. The predicted octanol–water partition coefficient (Wildman–Crippen LogP) is 1.39. The first-order chi connectivity index (χ1) is 9.58. The number of carboxylic acids is 1. The van der Waals surface area contributed by atoms with E-state index in [4.69, 9.17) is 9.84 Å². The van der Waals surface area contributed by atoms with E-state index in [0.29, 0.717) is 12.3 Å². The van der Waals surface area contributed by atoms with E-state index in [9.17, 15) is 9.59 Å². The van der Waals surface area contributed by atoms with Crippen LogP contribution in [0.1, 0.15) is 45.8 Å². The number of hydrogen-bond donors (Lipinski definition) is 2. The van der Waals surface area contributed by atoms with E-state index in [1.54, 1.807) is 6.92 Å². The predicted molar refractivity (Wildman–Crippen MR) is 71.9 cm³/mol. The smallest absolute Gasteiger partial charge is 0.337 e. The largest absolute Gasteiger partial charge is 0.478 e. The van der Waals surface area contributed by atoms with Crippen LogP contribution in [0.2, 0.25) is 0 Å². The molecule has 1 amide bonds. The second kappa shape index (κ2) is 6.47. The van der Waals surface area contributed by atoms with Crippen molar-refractivity contribution in [3.63, 3.8) is 0 Å². The van der Waals surface area contributed by atoms with Crippen LogP contribution in [0.3, 0.4) is 0 Å². The van der Waals surface area contributed by atoms with Crippen molar-refractivity contribution in [1.29, 1.82) is 0 Å². The fourth-order valence-corrected chi connectivity index (χ4v) is 2.22. The van der Waals surface area contributed by atoms with Crippen molar-refractivity contribution < 1.29 is 19.4 Å². The number of amides is 1. The van der Waals surface area contributed by atoms with Crippen LogP contribution in [0.25, 0.3) is 0 Å². The van der Waals surface area contributed by atoms with Gasteiger partial charge in [0.25, 0.3) is 5.91 Å². The molecular weight excluding hydrogens is 260 g/mol. The maximum Gasteiger partial charge on any atom is 0.337 e. The summed E-state index contributed by atoms with van der Waals surface area (Å²) in [5.74, 6) is -1.31. The molecule has 6 nitrogen and oxygen atoms in total. The lowest BCUT2D eigenvalue weighted by Gasteiger charge is -2.15. The highest BCUT2D eigenvalue weighted by Gasteiger charge is 2.18. The summed E-state index contributed by atoms with van der Waals surface area (Å²) in [6.45, 7) is 2.96. The lowest BCUT2D eigenvalue weighted by atomic mass is 10.1. The Balaban J connectivity index is 2.05. The Bertz CT molecular complexity index is 508. The van der Waals surface area contributed by atoms with Crippen molar-refractivity contribution in [2.45, 2.75) is 32.2 Å². The number of aromatic nitrogens is 1. The standard InChI is InChI=1S/C14H18N2O4/c1-9-11(14(18)19)4-5-12(15-9)13(17)16-10-3-2-7-20-8-6-10/h4-5,10H,2-3,6-8H2,1H3,(H,16,17)(H,18,19). The molecule has 1 unspecified atom stereocenters. The highest BCUT2D eigenvalue weighted by Crippen LogP contribution is 2.10. The van der Waals surface area contributed by atoms with E-state index >= 15 is 0 Å². The molecule has 0 radical (unpaired) electrons. The molecule has 1 saturated heterocycles. The van der Waals surface area contributed by atoms with E-state index in [1.807, 2.05) is 0 Å². The highest BCUT2D eigenvalue weighted by molar-refractivity contribution is 5.94. The Morgan fingerprint density at radius 2 is 2.15 bits per heavy atom. The molecule has 0 aromatic carbocycles. The summed E-state index contributed by atoms with van der Waals surface area (Å²) >= 11 is 0. The van der Waals surface area contributed by atoms with E-state index in [-0.39, 0.29) is 23.2 Å². The number of carboxylic acid groups (broad SMARTS) is 1. The zero-order valence-electron chi connectivity index (χ0n) is 11.4. The summed E-state index contributed by atoms with van der Waals surface area (Å²) in [5.41, 5.74) is 0.705. The molecule has 0 aliphatic carbocycles. The van der Waals surface area contributed by atoms with Crippen LogP contribution in [-0.4, -0.2) is 41.2 Å². The molecule has 1 aromatic rings. The quantitative estimate of drug-likeness (QED) is 0.872. The molecule has 1 aromatic heterocycles. The van der Waals surface area contributed by atoms with Gasteiger partial charge in [0, 0.05) is 19.3 Å². The van der Waals surface area contributed by atoms with Crippen LogP contribution in [0.5, 0.6) is 0 Å². The van der Waals surface area contributed by atoms with Crippen LogP contribution in [0, 0.1) is 6.92 Å². The first-order valence-corrected chi connectivity index (χ1v) is 6.67. The van der Waals surface area contributed by atoms with Crippen molar-refractivity contribution in [2.75, 3.05) is 13.2 Å². The van der Waals surface area contributed by atoms with Gasteiger partial charge < -0.3 is 15.2 Å². The van der Waals surface area contributed by atoms with Gasteiger partial charge >= 0.3 is 5.97 Å². The normalized spacial score (nSPS) is 19.1. The number of aromatic carboxylic acids is 1. The zero-order valence-corrected chi connectivity index (χ0v) is 11.4. The average Bonchev–Trinajstić information content (AvgIpc) is 2.66. The summed E-state index contributed by atoms with van der Waals surface area (Å²) in [7, 11) is 0. The minimum Gasteiger partial charge on any atom is -0.478 e. The minimum absolute atomic E-state index is 0.0891. The number of hydrogen-bond acceptors (Lipinski definition) is 4. The number of nitrogens with zero attached hydrogens (tertiary/aromatic N) is 1. The summed E-state index contributed by atoms with van der Waals surface area (Å²) in [6, 6.07) is 2.95. The third-order valence-electron chi connectivity index (χ3n) is 3.34. The maximum atomic E-state index is 12.1. The van der Waals surface area contributed by atoms with Crippen molar-refractivity contribution in [1.82, 2.24) is 10.3 Å². The van der Waals surface area contributed by atoms with Crippen LogP contribution in [-0.2, 0) is 4.74 Å². The summed E-state index contributed by atoms with van der Waals surface area (Å²) in [6.07, 6.45) is 2.60. The van der Waals surface area contributed by atoms with Crippen molar-refractivity contribution >= 4 is 11.9 Å². The summed E-state index contributed by atoms with van der Waals surface area (Å²) < 4.78 is 5.34. The Hall–Kier alpha value is -1.95. The van der Waals surface area contributed by atoms with Gasteiger partial charge in [-0.1, -0.05) is 0 Å². The number of aryl methyl sites for hydroxylation is 1. The first kappa shape index (κ1) is 14.5. The molecule has 2 rings (SSSR count). The Kier molecular flexibility index (Phi) is 4.68. The second-order valence-electron chi connectivity index (χ2n) is 4.85. The molecule has 0 saturated carbocycles. The molecule has 1 aliphatic rings. The van der Waals surface area contributed by atoms with Crippen molar-refractivity contribution in [2.24, 2.45) is 0 Å². The lowest BCUT2D eigenvalue weighted by molar-refractivity contribution is 0.0694. The molecular formula is C14H18N2O4. The number of nitrogens with one attached hydrogen (secondary N) is 1. The van der Waals surface area contributed by atoms with E-state index < -0.39 is 5.97 Å². The van der Waals surface area contributed by atoms with Gasteiger partial charge in [0.1, 0.15) is 5.69 Å². The Morgan fingerprint density at radius 3 is 2.85 bits per heavy atom. The monoisotopic (exact) mass is 278 g/mol. The molecule has 1 aliphatic heterocycles. The SMILES string of the molecule is Cc1nc(C(=O)NC2CCCOCC2)ccc1C(=O)O. The third kappa shape index (κ3) is 3.54. The molecule has 6 heteroatoms. The lowest BCUT2D eigenvalue weighted by Crippen LogP contribution is -2.35. The topological polar surface area (TPSA) is 88.5 Å². The van der Waals surface area contributed by atoms with Gasteiger partial charge in [0.15, 0.2) is 0 Å². The zero-order chi connectivity index (χ0) is 14.5. The minimum atomic E-state index is -1.04. The third-order valence-corrected chi connectivity index (χ3v) is 3.34. The van der Waals surface area contributed by atoms with Gasteiger partial charge in [-0.15, -0.1) is 0 Å². The second-order valence-corrected chi connectivity index (χ2v) is 4.85. The molecule has 20 heavy (non-hydrogen) atoms. The van der Waals surface area contributed by atoms with Crippen LogP contribution >= 0.6 is 0 Å². The van der Waals surface area contributed by atoms with Crippen molar-refractivity contribution in [3.8, 4) is 0 Å². The molecule has 1 atom stereocenters. The molecule has 108 valence electrons. The number of pyridine rings is 1. The summed E-state index contributed by atoms with van der Waals surface area (Å²) in [4.78, 5) is 27.1. The molecule has 1 fully saturated rings. The van der Waals surface area contributed by atoms with Gasteiger partial charge in [-0.25, -0.2) is 9.78 Å². The van der Waals surface area contributed by atoms with Crippen molar-refractivity contribution in [3.05, 3.63) is 29.1 Å². The first-order valence-electron chi connectivity index (χ1n) is 6.67. The van der Waals surface area contributed by atoms with Gasteiger partial charge in [0.05, 0.1) is 11.3 Å². The van der Waals surface area contributed by atoms with Crippen LogP contribution in [0.4, 0.5) is 0 Å². The molecule has 0 spiro atoms. The Labute approximate surface area is 117 Å². The van der Waals surface area contributed by atoms with E-state index in [0.717, 1.165) is 25.9 Å². The number of ether oxygens (including phenoxy) is 1. The van der Waals surface area contributed by atoms with E-state index in [2.05, 4.69) is 10.3 Å². The average molecular weight is 278 g/mol. The number of carbonyl (C=O) groups excluding carboxylic acids is 1. The Morgan fingerprint density at radius 1 is 1.35 bits per heavy atom. The number of rotatable bonds is 3.